The van der Waals surface area contributed by atoms with Crippen molar-refractivity contribution in [2.75, 3.05) is 30.8 Å². The summed E-state index contributed by atoms with van der Waals surface area (Å²) in [5.74, 6) is 0.597. The van der Waals surface area contributed by atoms with Crippen molar-refractivity contribution in [2.45, 2.75) is 12.5 Å². The van der Waals surface area contributed by atoms with E-state index in [0.717, 1.165) is 42.0 Å². The zero-order valence-corrected chi connectivity index (χ0v) is 19.4. The lowest BCUT2D eigenvalue weighted by molar-refractivity contribution is -0.111. The number of hydrogen-bond acceptors (Lipinski definition) is 5. The van der Waals surface area contributed by atoms with E-state index in [1.165, 1.54) is 18.2 Å². The van der Waals surface area contributed by atoms with Gasteiger partial charge < -0.3 is 24.7 Å². The SMILES string of the molecule is C=CC(=O)Nc1cc(Nc2cn3c(-c4cccc(F)c4)ccc3cn2)ccc1OC1CCN(C)C1. The van der Waals surface area contributed by atoms with Crippen LogP contribution in [-0.4, -0.2) is 46.4 Å². The normalized spacial score (nSPS) is 15.8. The molecule has 1 aliphatic rings. The Kier molecular flexibility index (Phi) is 6.20. The molecule has 7 nitrogen and oxygen atoms in total. The second kappa shape index (κ2) is 9.60. The topological polar surface area (TPSA) is 70.9 Å². The van der Waals surface area contributed by atoms with Crippen molar-refractivity contribution in [2.24, 2.45) is 0 Å². The fraction of sp³-hybridized carbons (Fsp3) is 0.185. The highest BCUT2D eigenvalue weighted by Crippen LogP contribution is 2.32. The molecule has 35 heavy (non-hydrogen) atoms. The first-order chi connectivity index (χ1) is 17.0. The molecule has 1 atom stereocenters. The van der Waals surface area contributed by atoms with Crippen LogP contribution in [0.15, 0.2) is 79.6 Å². The molecule has 3 heterocycles. The Morgan fingerprint density at radius 1 is 1.23 bits per heavy atom. The maximum Gasteiger partial charge on any atom is 0.247 e. The van der Waals surface area contributed by atoms with Crippen LogP contribution < -0.4 is 15.4 Å². The Morgan fingerprint density at radius 2 is 2.11 bits per heavy atom. The summed E-state index contributed by atoms with van der Waals surface area (Å²) in [5.41, 5.74) is 3.80. The van der Waals surface area contributed by atoms with Gasteiger partial charge in [0.25, 0.3) is 0 Å². The molecule has 1 aliphatic heterocycles. The first kappa shape index (κ1) is 22.6. The van der Waals surface area contributed by atoms with Crippen molar-refractivity contribution in [1.29, 1.82) is 0 Å². The molecule has 0 aliphatic carbocycles. The highest BCUT2D eigenvalue weighted by Gasteiger charge is 2.22. The van der Waals surface area contributed by atoms with Gasteiger partial charge in [0.05, 0.1) is 29.3 Å². The second-order valence-corrected chi connectivity index (χ2v) is 8.62. The van der Waals surface area contributed by atoms with Crippen molar-refractivity contribution >= 4 is 28.6 Å². The highest BCUT2D eigenvalue weighted by atomic mass is 19.1. The molecule has 1 amide bonds. The number of halogens is 1. The van der Waals surface area contributed by atoms with E-state index < -0.39 is 0 Å². The van der Waals surface area contributed by atoms with Gasteiger partial charge in [-0.2, -0.15) is 0 Å². The summed E-state index contributed by atoms with van der Waals surface area (Å²) in [6, 6.07) is 15.9. The van der Waals surface area contributed by atoms with E-state index in [0.29, 0.717) is 17.3 Å². The number of benzene rings is 2. The Labute approximate surface area is 202 Å². The van der Waals surface area contributed by atoms with Crippen LogP contribution in [0, 0.1) is 5.82 Å². The number of rotatable bonds is 7. The lowest BCUT2D eigenvalue weighted by Crippen LogP contribution is -2.22. The van der Waals surface area contributed by atoms with Gasteiger partial charge in [-0.25, -0.2) is 9.37 Å². The molecule has 4 aromatic rings. The molecule has 0 spiro atoms. The Hall–Kier alpha value is -4.17. The van der Waals surface area contributed by atoms with Gasteiger partial charge in [0, 0.05) is 24.3 Å². The lowest BCUT2D eigenvalue weighted by Gasteiger charge is -2.18. The number of likely N-dealkylation sites (tertiary alicyclic amines) is 1. The molecule has 178 valence electrons. The molecule has 0 bridgehead atoms. The predicted octanol–water partition coefficient (Wildman–Crippen LogP) is 5.09. The van der Waals surface area contributed by atoms with E-state index >= 15 is 0 Å². The van der Waals surface area contributed by atoms with E-state index in [1.807, 2.05) is 47.0 Å². The summed E-state index contributed by atoms with van der Waals surface area (Å²) in [5, 5.41) is 6.12. The van der Waals surface area contributed by atoms with Crippen LogP contribution in [0.1, 0.15) is 6.42 Å². The number of likely N-dealkylation sites (N-methyl/N-ethyl adjacent to an activating group) is 1. The molecule has 0 radical (unpaired) electrons. The summed E-state index contributed by atoms with van der Waals surface area (Å²) in [7, 11) is 2.06. The number of nitrogens with zero attached hydrogens (tertiary/aromatic N) is 3. The zero-order chi connectivity index (χ0) is 24.4. The third-order valence-electron chi connectivity index (χ3n) is 5.99. The van der Waals surface area contributed by atoms with Crippen LogP contribution in [0.25, 0.3) is 16.8 Å². The summed E-state index contributed by atoms with van der Waals surface area (Å²) >= 11 is 0. The van der Waals surface area contributed by atoms with Gasteiger partial charge in [-0.05, 0) is 62.0 Å². The summed E-state index contributed by atoms with van der Waals surface area (Å²) < 4.78 is 21.9. The van der Waals surface area contributed by atoms with Gasteiger partial charge in [0.1, 0.15) is 23.5 Å². The maximum atomic E-state index is 13.8. The fourth-order valence-electron chi connectivity index (χ4n) is 4.26. The van der Waals surface area contributed by atoms with Crippen LogP contribution in [0.4, 0.5) is 21.6 Å². The minimum Gasteiger partial charge on any atom is -0.487 e. The fourth-order valence-corrected chi connectivity index (χ4v) is 4.26. The zero-order valence-electron chi connectivity index (χ0n) is 19.4. The molecular weight excluding hydrogens is 445 g/mol. The van der Waals surface area contributed by atoms with E-state index in [1.54, 1.807) is 12.3 Å². The first-order valence-corrected chi connectivity index (χ1v) is 11.4. The smallest absolute Gasteiger partial charge is 0.247 e. The number of nitrogens with one attached hydrogen (secondary N) is 2. The quantitative estimate of drug-likeness (QED) is 0.368. The van der Waals surface area contributed by atoms with Gasteiger partial charge >= 0.3 is 0 Å². The van der Waals surface area contributed by atoms with Crippen molar-refractivity contribution in [3.8, 4) is 17.0 Å². The van der Waals surface area contributed by atoms with Crippen LogP contribution >= 0.6 is 0 Å². The van der Waals surface area contributed by atoms with Crippen molar-refractivity contribution in [1.82, 2.24) is 14.3 Å². The van der Waals surface area contributed by atoms with Crippen molar-refractivity contribution < 1.29 is 13.9 Å². The third kappa shape index (κ3) is 5.02. The van der Waals surface area contributed by atoms with Crippen LogP contribution in [-0.2, 0) is 4.79 Å². The van der Waals surface area contributed by atoms with Gasteiger partial charge in [-0.3, -0.25) is 4.79 Å². The molecule has 1 fully saturated rings. The summed E-state index contributed by atoms with van der Waals surface area (Å²) in [6.45, 7) is 5.35. The number of carbonyl (C=O) groups excluding carboxylic acids is 1. The van der Waals surface area contributed by atoms with Gasteiger partial charge in [-0.15, -0.1) is 0 Å². The minimum absolute atomic E-state index is 0.0669. The Balaban J connectivity index is 1.43. The van der Waals surface area contributed by atoms with Crippen LogP contribution in [0.2, 0.25) is 0 Å². The molecule has 0 saturated carbocycles. The first-order valence-electron chi connectivity index (χ1n) is 11.4. The molecule has 5 rings (SSSR count). The van der Waals surface area contributed by atoms with Crippen LogP contribution in [0.5, 0.6) is 5.75 Å². The Morgan fingerprint density at radius 3 is 2.89 bits per heavy atom. The molecule has 1 unspecified atom stereocenters. The minimum atomic E-state index is -0.317. The Bertz CT molecular complexity index is 1400. The van der Waals surface area contributed by atoms with Crippen LogP contribution in [0.3, 0.4) is 0 Å². The highest BCUT2D eigenvalue weighted by molar-refractivity contribution is 6.00. The summed E-state index contributed by atoms with van der Waals surface area (Å²) in [6.07, 6.45) is 5.83. The molecule has 2 N–H and O–H groups in total. The largest absolute Gasteiger partial charge is 0.487 e. The van der Waals surface area contributed by atoms with Gasteiger partial charge in [-0.1, -0.05) is 18.7 Å². The molecule has 2 aromatic carbocycles. The average Bonchev–Trinajstić information content (AvgIpc) is 3.46. The van der Waals surface area contributed by atoms with E-state index in [-0.39, 0.29) is 17.8 Å². The number of fused-ring (bicyclic) bond motifs is 1. The number of anilines is 3. The molecule has 8 heteroatoms. The van der Waals surface area contributed by atoms with E-state index in [4.69, 9.17) is 4.74 Å². The number of aromatic nitrogens is 2. The molecule has 1 saturated heterocycles. The van der Waals surface area contributed by atoms with Crippen molar-refractivity contribution in [3.63, 3.8) is 0 Å². The van der Waals surface area contributed by atoms with Gasteiger partial charge in [0.2, 0.25) is 5.91 Å². The second-order valence-electron chi connectivity index (χ2n) is 8.62. The average molecular weight is 472 g/mol. The molecular formula is C27H26FN5O2. The standard InChI is InChI=1S/C27H26FN5O2/c1-3-27(34)31-23-14-20(7-10-25(23)35-22-11-12-32(2)16-22)30-26-17-33-21(15-29-26)8-9-24(33)18-5-4-6-19(28)13-18/h3-10,13-15,17,22,30H,1,11-12,16H2,2H3,(H,31,34). The van der Waals surface area contributed by atoms with E-state index in [2.05, 4.69) is 34.1 Å². The molecule has 2 aromatic heterocycles. The lowest BCUT2D eigenvalue weighted by atomic mass is 10.1. The monoisotopic (exact) mass is 471 g/mol. The van der Waals surface area contributed by atoms with E-state index in [9.17, 15) is 9.18 Å². The number of hydrogen-bond donors (Lipinski definition) is 2. The predicted molar refractivity (Wildman–Crippen MR) is 136 cm³/mol. The number of ether oxygens (including phenoxy) is 1. The maximum absolute atomic E-state index is 13.8. The summed E-state index contributed by atoms with van der Waals surface area (Å²) in [4.78, 5) is 18.8. The van der Waals surface area contributed by atoms with Crippen molar-refractivity contribution in [3.05, 3.63) is 85.5 Å². The number of carbonyl (C=O) groups is 1. The van der Waals surface area contributed by atoms with Gasteiger partial charge in [0.15, 0.2) is 0 Å². The third-order valence-corrected chi connectivity index (χ3v) is 5.99. The number of amides is 1.